The minimum Gasteiger partial charge on any atom is -0.373 e. The average molecular weight is 187 g/mol. The summed E-state index contributed by atoms with van der Waals surface area (Å²) in [5.74, 6) is 0. The van der Waals surface area contributed by atoms with Crippen molar-refractivity contribution in [2.24, 2.45) is 0 Å². The molecule has 1 aliphatic heterocycles. The molecule has 1 nitrogen and oxygen atoms in total. The number of hydrogen-bond donors (Lipinski definition) is 0. The molecule has 0 unspecified atom stereocenters. The van der Waals surface area contributed by atoms with E-state index in [0.29, 0.717) is 0 Å². The lowest BCUT2D eigenvalue weighted by Gasteiger charge is -2.25. The second-order valence-electron chi connectivity index (χ2n) is 3.84. The van der Waals surface area contributed by atoms with Gasteiger partial charge in [-0.1, -0.05) is 37.6 Å². The maximum Gasteiger partial charge on any atom is 0.0429 e. The van der Waals surface area contributed by atoms with Gasteiger partial charge in [-0.3, -0.25) is 0 Å². The zero-order valence-corrected chi connectivity index (χ0v) is 8.74. The van der Waals surface area contributed by atoms with Crippen LogP contribution in [-0.4, -0.2) is 11.4 Å². The van der Waals surface area contributed by atoms with Crippen molar-refractivity contribution in [2.45, 2.75) is 26.3 Å². The monoisotopic (exact) mass is 187 g/mol. The molecular weight excluding hydrogens is 170 g/mol. The largest absolute Gasteiger partial charge is 0.373 e. The van der Waals surface area contributed by atoms with E-state index in [1.54, 1.807) is 0 Å². The van der Waals surface area contributed by atoms with Gasteiger partial charge in [0.2, 0.25) is 0 Å². The molecule has 0 bridgehead atoms. The van der Waals surface area contributed by atoms with Gasteiger partial charge in [-0.15, -0.1) is 0 Å². The highest BCUT2D eigenvalue weighted by molar-refractivity contribution is 5.55. The summed E-state index contributed by atoms with van der Waals surface area (Å²) in [5, 5.41) is 0. The van der Waals surface area contributed by atoms with E-state index in [4.69, 9.17) is 0 Å². The first kappa shape index (κ1) is 9.32. The maximum atomic E-state index is 2.39. The predicted molar refractivity (Wildman–Crippen MR) is 60.8 cm³/mol. The summed E-state index contributed by atoms with van der Waals surface area (Å²) in [5.41, 5.74) is 2.83. The summed E-state index contributed by atoms with van der Waals surface area (Å²) in [7, 11) is 0. The van der Waals surface area contributed by atoms with Gasteiger partial charge >= 0.3 is 0 Å². The van der Waals surface area contributed by atoms with Crippen molar-refractivity contribution in [3.63, 3.8) is 0 Å². The van der Waals surface area contributed by atoms with E-state index in [2.05, 4.69) is 48.4 Å². The molecule has 0 aromatic heterocycles. The van der Waals surface area contributed by atoms with Gasteiger partial charge in [-0.05, 0) is 29.8 Å². The highest BCUT2D eigenvalue weighted by Gasteiger charge is 2.08. The van der Waals surface area contributed by atoms with Gasteiger partial charge in [0.15, 0.2) is 0 Å². The molecule has 1 heterocycles. The third-order valence-electron chi connectivity index (χ3n) is 2.69. The Morgan fingerprint density at radius 2 is 2.14 bits per heavy atom. The van der Waals surface area contributed by atoms with Gasteiger partial charge in [0.05, 0.1) is 0 Å². The molecule has 0 aliphatic carbocycles. The van der Waals surface area contributed by atoms with Crippen LogP contribution in [0.1, 0.15) is 30.9 Å². The van der Waals surface area contributed by atoms with E-state index in [1.807, 2.05) is 0 Å². The molecule has 0 saturated carbocycles. The van der Waals surface area contributed by atoms with E-state index >= 15 is 0 Å². The first-order chi connectivity index (χ1) is 6.90. The SMILES string of the molecule is CCCCN1C=Cc2ccccc2C1. The van der Waals surface area contributed by atoms with E-state index in [-0.39, 0.29) is 0 Å². The van der Waals surface area contributed by atoms with Crippen LogP contribution in [0.5, 0.6) is 0 Å². The highest BCUT2D eigenvalue weighted by Crippen LogP contribution is 2.19. The number of benzene rings is 1. The van der Waals surface area contributed by atoms with Gasteiger partial charge in [-0.25, -0.2) is 0 Å². The van der Waals surface area contributed by atoms with Crippen molar-refractivity contribution < 1.29 is 0 Å². The van der Waals surface area contributed by atoms with E-state index in [9.17, 15) is 0 Å². The molecule has 1 aromatic rings. The second-order valence-corrected chi connectivity index (χ2v) is 3.84. The van der Waals surface area contributed by atoms with E-state index in [0.717, 1.165) is 6.54 Å². The van der Waals surface area contributed by atoms with Gasteiger partial charge in [0.1, 0.15) is 0 Å². The van der Waals surface area contributed by atoms with Crippen LogP contribution in [0.2, 0.25) is 0 Å². The Labute approximate surface area is 86.1 Å². The minimum atomic E-state index is 1.08. The quantitative estimate of drug-likeness (QED) is 0.702. The van der Waals surface area contributed by atoms with Crippen LogP contribution >= 0.6 is 0 Å². The zero-order chi connectivity index (χ0) is 9.80. The van der Waals surface area contributed by atoms with Crippen LogP contribution in [0.15, 0.2) is 30.5 Å². The molecule has 0 radical (unpaired) electrons. The standard InChI is InChI=1S/C13H17N/c1-2-3-9-14-10-8-12-6-4-5-7-13(12)11-14/h4-8,10H,2-3,9,11H2,1H3. The molecule has 1 aromatic carbocycles. The maximum absolute atomic E-state index is 2.39. The van der Waals surface area contributed by atoms with Gasteiger partial charge in [-0.2, -0.15) is 0 Å². The Kier molecular flexibility index (Phi) is 2.87. The highest BCUT2D eigenvalue weighted by atomic mass is 15.1. The van der Waals surface area contributed by atoms with Crippen molar-refractivity contribution in [3.8, 4) is 0 Å². The van der Waals surface area contributed by atoms with Crippen molar-refractivity contribution >= 4 is 6.08 Å². The fourth-order valence-corrected chi connectivity index (χ4v) is 1.81. The number of rotatable bonds is 3. The Balaban J connectivity index is 2.06. The van der Waals surface area contributed by atoms with Crippen LogP contribution in [-0.2, 0) is 6.54 Å². The summed E-state index contributed by atoms with van der Waals surface area (Å²) >= 11 is 0. The summed E-state index contributed by atoms with van der Waals surface area (Å²) < 4.78 is 0. The number of unbranched alkanes of at least 4 members (excludes halogenated alkanes) is 1. The topological polar surface area (TPSA) is 3.24 Å². The summed E-state index contributed by atoms with van der Waals surface area (Å²) in [4.78, 5) is 2.39. The second kappa shape index (κ2) is 4.32. The van der Waals surface area contributed by atoms with Gasteiger partial charge in [0, 0.05) is 13.1 Å². The lowest BCUT2D eigenvalue weighted by atomic mass is 10.0. The fourth-order valence-electron chi connectivity index (χ4n) is 1.81. The average Bonchev–Trinajstić information content (AvgIpc) is 2.26. The molecule has 0 amide bonds. The summed E-state index contributed by atoms with van der Waals surface area (Å²) in [6, 6.07) is 8.63. The first-order valence-electron chi connectivity index (χ1n) is 5.40. The number of hydrogen-bond acceptors (Lipinski definition) is 1. The molecular formula is C13H17N. The Bertz CT molecular complexity index is 328. The van der Waals surface area contributed by atoms with E-state index < -0.39 is 0 Å². The van der Waals surface area contributed by atoms with Gasteiger partial charge in [0.25, 0.3) is 0 Å². The molecule has 0 N–H and O–H groups in total. The van der Waals surface area contributed by atoms with Gasteiger partial charge < -0.3 is 4.90 Å². The molecule has 0 atom stereocenters. The van der Waals surface area contributed by atoms with Crippen LogP contribution in [0.25, 0.3) is 6.08 Å². The van der Waals surface area contributed by atoms with Crippen LogP contribution in [0, 0.1) is 0 Å². The van der Waals surface area contributed by atoms with Crippen LogP contribution in [0.3, 0.4) is 0 Å². The molecule has 2 rings (SSSR count). The van der Waals surface area contributed by atoms with Crippen molar-refractivity contribution in [3.05, 3.63) is 41.6 Å². The molecule has 1 heteroatoms. The molecule has 0 fully saturated rings. The molecule has 14 heavy (non-hydrogen) atoms. The lowest BCUT2D eigenvalue weighted by molar-refractivity contribution is 0.359. The number of nitrogens with zero attached hydrogens (tertiary/aromatic N) is 1. The zero-order valence-electron chi connectivity index (χ0n) is 8.74. The van der Waals surface area contributed by atoms with Crippen LogP contribution < -0.4 is 0 Å². The third kappa shape index (κ3) is 1.98. The smallest absolute Gasteiger partial charge is 0.0429 e. The Morgan fingerprint density at radius 1 is 1.29 bits per heavy atom. The predicted octanol–water partition coefficient (Wildman–Crippen LogP) is 3.27. The van der Waals surface area contributed by atoms with Crippen LogP contribution in [0.4, 0.5) is 0 Å². The molecule has 0 saturated heterocycles. The molecule has 1 aliphatic rings. The summed E-state index contributed by atoms with van der Waals surface area (Å²) in [6.45, 7) is 4.50. The lowest BCUT2D eigenvalue weighted by Crippen LogP contribution is -2.20. The normalized spacial score (nSPS) is 14.2. The van der Waals surface area contributed by atoms with Crippen molar-refractivity contribution in [1.29, 1.82) is 0 Å². The molecule has 74 valence electrons. The fraction of sp³-hybridized carbons (Fsp3) is 0.385. The Morgan fingerprint density at radius 3 is 3.00 bits per heavy atom. The third-order valence-corrected chi connectivity index (χ3v) is 2.69. The van der Waals surface area contributed by atoms with Crippen molar-refractivity contribution in [2.75, 3.05) is 6.54 Å². The number of fused-ring (bicyclic) bond motifs is 1. The summed E-state index contributed by atoms with van der Waals surface area (Å²) in [6.07, 6.45) is 6.99. The van der Waals surface area contributed by atoms with Crippen molar-refractivity contribution in [1.82, 2.24) is 4.90 Å². The molecule has 0 spiro atoms. The van der Waals surface area contributed by atoms with E-state index in [1.165, 1.54) is 30.5 Å². The minimum absolute atomic E-state index is 1.08. The Hall–Kier alpha value is -1.24. The first-order valence-corrected chi connectivity index (χ1v) is 5.40.